The van der Waals surface area contributed by atoms with Crippen molar-refractivity contribution in [2.24, 2.45) is 0 Å². The Kier molecular flexibility index (Phi) is 7.30. The molecule has 0 aromatic heterocycles. The van der Waals surface area contributed by atoms with Gasteiger partial charge in [0.05, 0.1) is 31.0 Å². The zero-order valence-corrected chi connectivity index (χ0v) is 19.3. The standard InChI is InChI=1S/C27H25FN2O5/c1-3-34-26(31)23-24(18-7-5-4-6-8-18)29-27(32)30-25(23)19-11-14-21(22(15-19)33-2)35-16-17-9-12-20(28)13-10-17/h4-15,25H,3,16H2,1-2H3,(H2,29,30,32)/t25-/m0/s1. The number of methoxy groups -OCH3 is 1. The maximum atomic E-state index is 13.2. The van der Waals surface area contributed by atoms with Crippen molar-refractivity contribution in [3.8, 4) is 11.5 Å². The highest BCUT2D eigenvalue weighted by molar-refractivity contribution is 6.04. The van der Waals surface area contributed by atoms with Gasteiger partial charge in [-0.05, 0) is 47.9 Å². The number of esters is 1. The fraction of sp³-hybridized carbons (Fsp3) is 0.185. The molecular formula is C27H25FN2O5. The van der Waals surface area contributed by atoms with Gasteiger partial charge in [0.25, 0.3) is 0 Å². The number of halogens is 1. The number of carbonyl (C=O) groups is 2. The van der Waals surface area contributed by atoms with Crippen LogP contribution in [0.1, 0.15) is 29.7 Å². The highest BCUT2D eigenvalue weighted by Gasteiger charge is 2.34. The fourth-order valence-electron chi connectivity index (χ4n) is 3.80. The summed E-state index contributed by atoms with van der Waals surface area (Å²) in [5.41, 5.74) is 2.75. The van der Waals surface area contributed by atoms with Crippen molar-refractivity contribution in [2.45, 2.75) is 19.6 Å². The first-order valence-electron chi connectivity index (χ1n) is 11.1. The largest absolute Gasteiger partial charge is 0.493 e. The number of amides is 2. The molecule has 0 bridgehead atoms. The number of nitrogens with one attached hydrogen (secondary N) is 2. The average Bonchev–Trinajstić information content (AvgIpc) is 2.88. The Labute approximate surface area is 202 Å². The predicted octanol–water partition coefficient (Wildman–Crippen LogP) is 4.74. The van der Waals surface area contributed by atoms with Gasteiger partial charge < -0.3 is 24.8 Å². The highest BCUT2D eigenvalue weighted by atomic mass is 19.1. The van der Waals surface area contributed by atoms with E-state index in [1.165, 1.54) is 19.2 Å². The summed E-state index contributed by atoms with van der Waals surface area (Å²) in [7, 11) is 1.50. The van der Waals surface area contributed by atoms with E-state index < -0.39 is 18.0 Å². The smallest absolute Gasteiger partial charge is 0.338 e. The summed E-state index contributed by atoms with van der Waals surface area (Å²) >= 11 is 0. The second-order valence-corrected chi connectivity index (χ2v) is 7.73. The molecule has 0 aliphatic carbocycles. The lowest BCUT2D eigenvalue weighted by Gasteiger charge is -2.30. The summed E-state index contributed by atoms with van der Waals surface area (Å²) in [6.45, 7) is 2.12. The van der Waals surface area contributed by atoms with Gasteiger partial charge in [-0.1, -0.05) is 48.5 Å². The quantitative estimate of drug-likeness (QED) is 0.459. The van der Waals surface area contributed by atoms with E-state index in [1.807, 2.05) is 30.3 Å². The van der Waals surface area contributed by atoms with Crippen molar-refractivity contribution in [2.75, 3.05) is 13.7 Å². The SMILES string of the molecule is CCOC(=O)C1=C(c2ccccc2)NC(=O)N[C@H]1c1ccc(OCc2ccc(F)cc2)c(OC)c1. The second-order valence-electron chi connectivity index (χ2n) is 7.73. The van der Waals surface area contributed by atoms with Gasteiger partial charge in [-0.2, -0.15) is 0 Å². The van der Waals surface area contributed by atoms with Crippen LogP contribution >= 0.6 is 0 Å². The van der Waals surface area contributed by atoms with E-state index in [9.17, 15) is 14.0 Å². The molecule has 0 saturated carbocycles. The molecule has 1 heterocycles. The fourth-order valence-corrected chi connectivity index (χ4v) is 3.80. The van der Waals surface area contributed by atoms with Crippen molar-refractivity contribution in [1.82, 2.24) is 10.6 Å². The van der Waals surface area contributed by atoms with Crippen LogP contribution in [0.3, 0.4) is 0 Å². The van der Waals surface area contributed by atoms with Crippen LogP contribution in [0.4, 0.5) is 9.18 Å². The van der Waals surface area contributed by atoms with E-state index >= 15 is 0 Å². The third-order valence-corrected chi connectivity index (χ3v) is 5.46. The topological polar surface area (TPSA) is 85.9 Å². The first-order valence-corrected chi connectivity index (χ1v) is 11.1. The van der Waals surface area contributed by atoms with Crippen LogP contribution in [0.2, 0.25) is 0 Å². The van der Waals surface area contributed by atoms with Gasteiger partial charge in [0, 0.05) is 0 Å². The molecule has 0 fully saturated rings. The normalized spacial score (nSPS) is 15.2. The molecule has 8 heteroatoms. The molecule has 3 aromatic carbocycles. The summed E-state index contributed by atoms with van der Waals surface area (Å²) in [4.78, 5) is 25.6. The summed E-state index contributed by atoms with van der Waals surface area (Å²) in [6.07, 6.45) is 0. The minimum absolute atomic E-state index is 0.185. The van der Waals surface area contributed by atoms with E-state index in [4.69, 9.17) is 14.2 Å². The van der Waals surface area contributed by atoms with Crippen molar-refractivity contribution < 1.29 is 28.2 Å². The number of carbonyl (C=O) groups excluding carboxylic acids is 2. The van der Waals surface area contributed by atoms with Crippen molar-refractivity contribution >= 4 is 17.7 Å². The molecule has 1 aliphatic rings. The lowest BCUT2D eigenvalue weighted by atomic mass is 9.92. The first-order chi connectivity index (χ1) is 17.0. The Morgan fingerprint density at radius 1 is 1.00 bits per heavy atom. The summed E-state index contributed by atoms with van der Waals surface area (Å²) in [5, 5.41) is 5.57. The molecule has 2 amide bonds. The molecular weight excluding hydrogens is 451 g/mol. The van der Waals surface area contributed by atoms with Crippen molar-refractivity contribution in [1.29, 1.82) is 0 Å². The summed E-state index contributed by atoms with van der Waals surface area (Å²) in [5.74, 6) is 0.0205. The minimum atomic E-state index is -0.780. The van der Waals surface area contributed by atoms with Crippen LogP contribution in [0.15, 0.2) is 78.4 Å². The van der Waals surface area contributed by atoms with Crippen LogP contribution in [0, 0.1) is 5.82 Å². The van der Waals surface area contributed by atoms with Gasteiger partial charge in [0.2, 0.25) is 0 Å². The Morgan fingerprint density at radius 2 is 1.74 bits per heavy atom. The number of ether oxygens (including phenoxy) is 3. The van der Waals surface area contributed by atoms with Crippen LogP contribution in [-0.4, -0.2) is 25.7 Å². The highest BCUT2D eigenvalue weighted by Crippen LogP contribution is 2.36. The molecule has 0 spiro atoms. The van der Waals surface area contributed by atoms with Gasteiger partial charge in [0.1, 0.15) is 12.4 Å². The molecule has 0 saturated heterocycles. The average molecular weight is 477 g/mol. The van der Waals surface area contributed by atoms with Crippen LogP contribution < -0.4 is 20.1 Å². The summed E-state index contributed by atoms with van der Waals surface area (Å²) in [6, 6.07) is 19.1. The van der Waals surface area contributed by atoms with Crippen molar-refractivity contribution in [3.63, 3.8) is 0 Å². The van der Waals surface area contributed by atoms with Crippen molar-refractivity contribution in [3.05, 3.63) is 101 Å². The molecule has 7 nitrogen and oxygen atoms in total. The maximum absolute atomic E-state index is 13.2. The van der Waals surface area contributed by atoms with E-state index in [0.717, 1.165) is 5.56 Å². The maximum Gasteiger partial charge on any atom is 0.338 e. The molecule has 2 N–H and O–H groups in total. The number of rotatable bonds is 8. The predicted molar refractivity (Wildman–Crippen MR) is 128 cm³/mol. The van der Waals surface area contributed by atoms with E-state index in [0.29, 0.717) is 28.3 Å². The van der Waals surface area contributed by atoms with Gasteiger partial charge in [-0.15, -0.1) is 0 Å². The lowest BCUT2D eigenvalue weighted by Crippen LogP contribution is -2.45. The Hall–Kier alpha value is -4.33. The third kappa shape index (κ3) is 5.43. The molecule has 1 aliphatic heterocycles. The first kappa shape index (κ1) is 23.8. The number of hydrogen-bond acceptors (Lipinski definition) is 5. The number of hydrogen-bond donors (Lipinski definition) is 2. The van der Waals surface area contributed by atoms with Gasteiger partial charge in [-0.3, -0.25) is 0 Å². The van der Waals surface area contributed by atoms with Crippen LogP contribution in [0.5, 0.6) is 11.5 Å². The molecule has 35 heavy (non-hydrogen) atoms. The molecule has 1 atom stereocenters. The number of urea groups is 1. The molecule has 180 valence electrons. The molecule has 0 unspecified atom stereocenters. The van der Waals surface area contributed by atoms with Gasteiger partial charge in [-0.25, -0.2) is 14.0 Å². The monoisotopic (exact) mass is 476 g/mol. The van der Waals surface area contributed by atoms with E-state index in [2.05, 4.69) is 10.6 Å². The molecule has 4 rings (SSSR count). The number of benzene rings is 3. The van der Waals surface area contributed by atoms with Gasteiger partial charge >= 0.3 is 12.0 Å². The lowest BCUT2D eigenvalue weighted by molar-refractivity contribution is -0.138. The van der Waals surface area contributed by atoms with Crippen LogP contribution in [-0.2, 0) is 16.1 Å². The molecule has 3 aromatic rings. The van der Waals surface area contributed by atoms with E-state index in [-0.39, 0.29) is 24.6 Å². The minimum Gasteiger partial charge on any atom is -0.493 e. The van der Waals surface area contributed by atoms with Crippen LogP contribution in [0.25, 0.3) is 5.70 Å². The Morgan fingerprint density at radius 3 is 2.43 bits per heavy atom. The molecule has 0 radical (unpaired) electrons. The summed E-state index contributed by atoms with van der Waals surface area (Å²) < 4.78 is 29.9. The Bertz CT molecular complexity index is 1240. The zero-order chi connectivity index (χ0) is 24.8. The van der Waals surface area contributed by atoms with E-state index in [1.54, 1.807) is 37.3 Å². The second kappa shape index (κ2) is 10.7. The van der Waals surface area contributed by atoms with Gasteiger partial charge in [0.15, 0.2) is 11.5 Å². The zero-order valence-electron chi connectivity index (χ0n) is 19.3. The third-order valence-electron chi connectivity index (χ3n) is 5.46. The Balaban J connectivity index is 1.70.